The minimum atomic E-state index is -1.03. The second-order valence-electron chi connectivity index (χ2n) is 7.15. The van der Waals surface area contributed by atoms with Gasteiger partial charge in [0.05, 0.1) is 20.3 Å². The van der Waals surface area contributed by atoms with E-state index in [9.17, 15) is 9.90 Å². The Hall–Kier alpha value is -3.71. The molecule has 33 heavy (non-hydrogen) atoms. The highest BCUT2D eigenvalue weighted by atomic mass is 16.5. The van der Waals surface area contributed by atoms with E-state index in [0.29, 0.717) is 36.7 Å². The van der Waals surface area contributed by atoms with E-state index in [0.717, 1.165) is 17.2 Å². The van der Waals surface area contributed by atoms with Crippen molar-refractivity contribution in [1.29, 1.82) is 0 Å². The lowest BCUT2D eigenvalue weighted by atomic mass is 10.1. The van der Waals surface area contributed by atoms with Gasteiger partial charge in [0.15, 0.2) is 17.6 Å². The van der Waals surface area contributed by atoms with Crippen molar-refractivity contribution in [3.05, 3.63) is 78.4 Å². The Labute approximate surface area is 193 Å². The maximum atomic E-state index is 11.3. The summed E-state index contributed by atoms with van der Waals surface area (Å²) < 4.78 is 27.9. The molecule has 0 aliphatic rings. The zero-order valence-corrected chi connectivity index (χ0v) is 18.7. The molecule has 1 atom stereocenters. The summed E-state index contributed by atoms with van der Waals surface area (Å²) in [7, 11) is 2.92. The second-order valence-corrected chi connectivity index (χ2v) is 7.15. The van der Waals surface area contributed by atoms with Crippen LogP contribution in [-0.2, 0) is 16.0 Å². The van der Waals surface area contributed by atoms with E-state index in [2.05, 4.69) is 0 Å². The fraction of sp³-hybridized carbons (Fsp3) is 0.269. The Bertz CT molecular complexity index is 1000. The number of methoxy groups -OCH3 is 2. The molecule has 1 N–H and O–H groups in total. The van der Waals surface area contributed by atoms with Gasteiger partial charge in [0, 0.05) is 25.5 Å². The maximum Gasteiger partial charge on any atom is 0.333 e. The quantitative estimate of drug-likeness (QED) is 0.366. The molecule has 0 amide bonds. The predicted molar refractivity (Wildman–Crippen MR) is 124 cm³/mol. The zero-order chi connectivity index (χ0) is 23.5. The van der Waals surface area contributed by atoms with Crippen LogP contribution in [-0.4, -0.2) is 44.6 Å². The Morgan fingerprint density at radius 2 is 1.48 bits per heavy atom. The van der Waals surface area contributed by atoms with E-state index >= 15 is 0 Å². The van der Waals surface area contributed by atoms with Crippen LogP contribution in [0.25, 0.3) is 0 Å². The molecule has 0 radical (unpaired) electrons. The van der Waals surface area contributed by atoms with Gasteiger partial charge in [0.1, 0.15) is 17.2 Å². The average Bonchev–Trinajstić information content (AvgIpc) is 2.84. The largest absolute Gasteiger partial charge is 0.493 e. The summed E-state index contributed by atoms with van der Waals surface area (Å²) in [6.45, 7) is 0.840. The molecule has 3 rings (SSSR count). The predicted octanol–water partition coefficient (Wildman–Crippen LogP) is 4.98. The Kier molecular flexibility index (Phi) is 8.97. The van der Waals surface area contributed by atoms with Crippen LogP contribution >= 0.6 is 0 Å². The van der Waals surface area contributed by atoms with E-state index in [1.807, 2.05) is 60.7 Å². The molecule has 3 aromatic carbocycles. The summed E-state index contributed by atoms with van der Waals surface area (Å²) in [4.78, 5) is 11.3. The molecular weight excluding hydrogens is 424 g/mol. The molecule has 0 saturated heterocycles. The maximum absolute atomic E-state index is 11.3. The average molecular weight is 453 g/mol. The number of rotatable bonds is 13. The SMILES string of the molecule is COc1cccc(CC(OC)C(=O)O)c1OCCCOc1ccc(Oc2ccccc2)cc1. The summed E-state index contributed by atoms with van der Waals surface area (Å²) >= 11 is 0. The van der Waals surface area contributed by atoms with Gasteiger partial charge in [0.25, 0.3) is 0 Å². The molecule has 0 bridgehead atoms. The van der Waals surface area contributed by atoms with E-state index in [1.54, 1.807) is 19.2 Å². The van der Waals surface area contributed by atoms with Gasteiger partial charge < -0.3 is 28.8 Å². The van der Waals surface area contributed by atoms with Crippen molar-refractivity contribution >= 4 is 5.97 Å². The standard InChI is InChI=1S/C26H28O7/c1-29-23-11-6-8-19(18-24(30-2)26(27)28)25(23)32-17-7-16-31-20-12-14-22(15-13-20)33-21-9-4-3-5-10-21/h3-6,8-15,24H,7,16-18H2,1-2H3,(H,27,28). The first-order chi connectivity index (χ1) is 16.1. The van der Waals surface area contributed by atoms with Crippen molar-refractivity contribution in [1.82, 2.24) is 0 Å². The number of para-hydroxylation sites is 2. The van der Waals surface area contributed by atoms with Gasteiger partial charge in [-0.25, -0.2) is 4.79 Å². The third-order valence-corrected chi connectivity index (χ3v) is 4.85. The molecule has 0 saturated carbocycles. The van der Waals surface area contributed by atoms with Crippen LogP contribution < -0.4 is 18.9 Å². The van der Waals surface area contributed by atoms with E-state index in [4.69, 9.17) is 23.7 Å². The Morgan fingerprint density at radius 1 is 0.818 bits per heavy atom. The van der Waals surface area contributed by atoms with Gasteiger partial charge in [0.2, 0.25) is 0 Å². The van der Waals surface area contributed by atoms with Crippen molar-refractivity contribution in [3.63, 3.8) is 0 Å². The lowest BCUT2D eigenvalue weighted by Crippen LogP contribution is -2.25. The van der Waals surface area contributed by atoms with E-state index < -0.39 is 12.1 Å². The van der Waals surface area contributed by atoms with Gasteiger partial charge in [-0.1, -0.05) is 30.3 Å². The normalized spacial score (nSPS) is 11.5. The van der Waals surface area contributed by atoms with Crippen molar-refractivity contribution in [3.8, 4) is 28.7 Å². The van der Waals surface area contributed by atoms with E-state index in [-0.39, 0.29) is 6.42 Å². The Balaban J connectivity index is 1.49. The van der Waals surface area contributed by atoms with Crippen molar-refractivity contribution in [2.75, 3.05) is 27.4 Å². The molecule has 7 nitrogen and oxygen atoms in total. The number of benzene rings is 3. The fourth-order valence-electron chi connectivity index (χ4n) is 3.17. The van der Waals surface area contributed by atoms with Crippen molar-refractivity contribution < 1.29 is 33.6 Å². The molecule has 0 fully saturated rings. The van der Waals surface area contributed by atoms with Crippen LogP contribution in [0.15, 0.2) is 72.8 Å². The number of carboxylic acid groups (broad SMARTS) is 1. The van der Waals surface area contributed by atoms with Crippen LogP contribution in [0.2, 0.25) is 0 Å². The van der Waals surface area contributed by atoms with Crippen LogP contribution in [0.5, 0.6) is 28.7 Å². The summed E-state index contributed by atoms with van der Waals surface area (Å²) in [5.41, 5.74) is 0.707. The number of carbonyl (C=O) groups is 1. The third kappa shape index (κ3) is 7.15. The van der Waals surface area contributed by atoms with Crippen LogP contribution in [0.1, 0.15) is 12.0 Å². The second kappa shape index (κ2) is 12.4. The minimum Gasteiger partial charge on any atom is -0.493 e. The lowest BCUT2D eigenvalue weighted by molar-refractivity contribution is -0.148. The molecule has 7 heteroatoms. The highest BCUT2D eigenvalue weighted by Crippen LogP contribution is 2.32. The molecule has 0 aromatic heterocycles. The van der Waals surface area contributed by atoms with Gasteiger partial charge in [-0.3, -0.25) is 0 Å². The van der Waals surface area contributed by atoms with Gasteiger partial charge in [-0.2, -0.15) is 0 Å². The summed E-state index contributed by atoms with van der Waals surface area (Å²) in [6.07, 6.45) is -0.157. The Morgan fingerprint density at radius 3 is 2.15 bits per heavy atom. The number of ether oxygens (including phenoxy) is 5. The molecule has 3 aromatic rings. The van der Waals surface area contributed by atoms with Gasteiger partial charge in [-0.05, 0) is 42.5 Å². The number of hydrogen-bond acceptors (Lipinski definition) is 6. The molecule has 0 aliphatic heterocycles. The fourth-order valence-corrected chi connectivity index (χ4v) is 3.17. The van der Waals surface area contributed by atoms with Crippen LogP contribution in [0, 0.1) is 0 Å². The number of hydrogen-bond donors (Lipinski definition) is 1. The summed E-state index contributed by atoms with van der Waals surface area (Å²) in [6, 6.07) is 22.4. The summed E-state index contributed by atoms with van der Waals surface area (Å²) in [5.74, 6) is 2.28. The topological polar surface area (TPSA) is 83.5 Å². The highest BCUT2D eigenvalue weighted by Gasteiger charge is 2.21. The zero-order valence-electron chi connectivity index (χ0n) is 18.7. The first-order valence-electron chi connectivity index (χ1n) is 10.6. The van der Waals surface area contributed by atoms with Gasteiger partial charge >= 0.3 is 5.97 Å². The molecule has 174 valence electrons. The van der Waals surface area contributed by atoms with Crippen LogP contribution in [0.3, 0.4) is 0 Å². The smallest absolute Gasteiger partial charge is 0.333 e. The van der Waals surface area contributed by atoms with E-state index in [1.165, 1.54) is 7.11 Å². The first kappa shape index (κ1) is 23.9. The van der Waals surface area contributed by atoms with Crippen molar-refractivity contribution in [2.24, 2.45) is 0 Å². The van der Waals surface area contributed by atoms with Crippen LogP contribution in [0.4, 0.5) is 0 Å². The number of aliphatic carboxylic acids is 1. The highest BCUT2D eigenvalue weighted by molar-refractivity contribution is 5.73. The first-order valence-corrected chi connectivity index (χ1v) is 10.6. The van der Waals surface area contributed by atoms with Crippen molar-refractivity contribution in [2.45, 2.75) is 18.9 Å². The molecule has 0 aliphatic carbocycles. The lowest BCUT2D eigenvalue weighted by Gasteiger charge is -2.17. The minimum absolute atomic E-state index is 0.173. The molecule has 0 spiro atoms. The molecule has 0 heterocycles. The molecule has 1 unspecified atom stereocenters. The molecular formula is C26H28O7. The third-order valence-electron chi connectivity index (χ3n) is 4.85. The summed E-state index contributed by atoms with van der Waals surface area (Å²) in [5, 5.41) is 9.28. The van der Waals surface area contributed by atoms with Gasteiger partial charge in [-0.15, -0.1) is 0 Å². The number of carboxylic acids is 1. The monoisotopic (exact) mass is 452 g/mol.